The van der Waals surface area contributed by atoms with Crippen LogP contribution in [0, 0.1) is 5.82 Å². The Kier molecular flexibility index (Phi) is 4.56. The second kappa shape index (κ2) is 6.23. The van der Waals surface area contributed by atoms with Crippen molar-refractivity contribution in [2.45, 2.75) is 6.18 Å². The number of benzene rings is 2. The van der Waals surface area contributed by atoms with Gasteiger partial charge < -0.3 is 10.6 Å². The van der Waals surface area contributed by atoms with Crippen LogP contribution >= 0.6 is 11.6 Å². The van der Waals surface area contributed by atoms with E-state index in [0.717, 1.165) is 18.2 Å². The highest BCUT2D eigenvalue weighted by molar-refractivity contribution is 6.33. The highest BCUT2D eigenvalue weighted by atomic mass is 35.5. The van der Waals surface area contributed by atoms with Crippen molar-refractivity contribution in [2.75, 3.05) is 10.6 Å². The molecule has 2 aromatic carbocycles. The zero-order valence-electron chi connectivity index (χ0n) is 10.8. The summed E-state index contributed by atoms with van der Waals surface area (Å²) in [7, 11) is 0. The van der Waals surface area contributed by atoms with Gasteiger partial charge >= 0.3 is 12.2 Å². The van der Waals surface area contributed by atoms with Crippen molar-refractivity contribution in [2.24, 2.45) is 0 Å². The Hall–Kier alpha value is -2.28. The molecule has 0 aliphatic carbocycles. The van der Waals surface area contributed by atoms with E-state index >= 15 is 0 Å². The maximum atomic E-state index is 13.4. The van der Waals surface area contributed by atoms with Gasteiger partial charge in [0.15, 0.2) is 0 Å². The number of hydrogen-bond donors (Lipinski definition) is 2. The molecule has 8 heteroatoms. The van der Waals surface area contributed by atoms with Crippen LogP contribution in [0.5, 0.6) is 0 Å². The number of anilines is 2. The van der Waals surface area contributed by atoms with Crippen molar-refractivity contribution < 1.29 is 22.4 Å². The Morgan fingerprint density at radius 2 is 1.64 bits per heavy atom. The summed E-state index contributed by atoms with van der Waals surface area (Å²) in [5, 5.41) is 4.26. The van der Waals surface area contributed by atoms with Gasteiger partial charge in [-0.1, -0.05) is 23.7 Å². The molecule has 0 heterocycles. The molecule has 0 aliphatic heterocycles. The molecule has 2 aromatic rings. The number of alkyl halides is 3. The molecule has 2 amide bonds. The quantitative estimate of drug-likeness (QED) is 0.734. The van der Waals surface area contributed by atoms with Gasteiger partial charge in [-0.3, -0.25) is 0 Å². The van der Waals surface area contributed by atoms with Crippen molar-refractivity contribution in [1.82, 2.24) is 0 Å². The molecule has 3 nitrogen and oxygen atoms in total. The molecule has 2 N–H and O–H groups in total. The highest BCUT2D eigenvalue weighted by Crippen LogP contribution is 2.33. The lowest BCUT2D eigenvalue weighted by Crippen LogP contribution is -2.20. The van der Waals surface area contributed by atoms with Gasteiger partial charge in [0, 0.05) is 0 Å². The molecule has 0 unspecified atom stereocenters. The van der Waals surface area contributed by atoms with Gasteiger partial charge in [0.1, 0.15) is 5.82 Å². The second-order valence-electron chi connectivity index (χ2n) is 4.25. The molecule has 0 saturated carbocycles. The molecule has 0 bridgehead atoms. The van der Waals surface area contributed by atoms with Crippen LogP contribution in [0.1, 0.15) is 5.56 Å². The van der Waals surface area contributed by atoms with Crippen LogP contribution in [-0.4, -0.2) is 6.03 Å². The number of rotatable bonds is 2. The van der Waals surface area contributed by atoms with E-state index in [1.807, 2.05) is 0 Å². The largest absolute Gasteiger partial charge is 0.416 e. The molecule has 0 aliphatic rings. The first-order chi connectivity index (χ1) is 10.3. The molecule has 0 radical (unpaired) electrons. The molecule has 22 heavy (non-hydrogen) atoms. The van der Waals surface area contributed by atoms with E-state index in [-0.39, 0.29) is 16.4 Å². The van der Waals surface area contributed by atoms with Crippen LogP contribution in [0.3, 0.4) is 0 Å². The summed E-state index contributed by atoms with van der Waals surface area (Å²) in [5.74, 6) is -0.673. The second-order valence-corrected chi connectivity index (χ2v) is 4.66. The summed E-state index contributed by atoms with van der Waals surface area (Å²) < 4.78 is 51.2. The van der Waals surface area contributed by atoms with E-state index in [1.165, 1.54) is 18.2 Å². The van der Waals surface area contributed by atoms with Crippen molar-refractivity contribution in [3.63, 3.8) is 0 Å². The summed E-state index contributed by atoms with van der Waals surface area (Å²) in [5.41, 5.74) is -1.30. The first kappa shape index (κ1) is 16.1. The van der Waals surface area contributed by atoms with Gasteiger partial charge in [0.25, 0.3) is 0 Å². The van der Waals surface area contributed by atoms with Gasteiger partial charge in [-0.2, -0.15) is 13.2 Å². The average molecular weight is 333 g/mol. The predicted octanol–water partition coefficient (Wildman–Crippen LogP) is 5.14. The lowest BCUT2D eigenvalue weighted by Gasteiger charge is -2.12. The van der Waals surface area contributed by atoms with E-state index in [0.29, 0.717) is 6.07 Å². The molecule has 2 rings (SSSR count). The Bertz CT molecular complexity index is 703. The number of carbonyl (C=O) groups excluding carboxylic acids is 1. The van der Waals surface area contributed by atoms with Gasteiger partial charge in [-0.05, 0) is 30.3 Å². The third-order valence-corrected chi connectivity index (χ3v) is 2.99. The summed E-state index contributed by atoms with van der Waals surface area (Å²) in [6.07, 6.45) is -4.57. The van der Waals surface area contributed by atoms with Crippen LogP contribution in [0.2, 0.25) is 5.02 Å². The minimum Gasteiger partial charge on any atom is -0.306 e. The van der Waals surface area contributed by atoms with Crippen molar-refractivity contribution in [1.29, 1.82) is 0 Å². The van der Waals surface area contributed by atoms with E-state index in [4.69, 9.17) is 11.6 Å². The van der Waals surface area contributed by atoms with Gasteiger partial charge in [0.2, 0.25) is 0 Å². The zero-order valence-corrected chi connectivity index (χ0v) is 11.6. The summed E-state index contributed by atoms with van der Waals surface area (Å²) in [4.78, 5) is 11.7. The van der Waals surface area contributed by atoms with Gasteiger partial charge in [-0.15, -0.1) is 0 Å². The lowest BCUT2D eigenvalue weighted by atomic mass is 10.2. The number of para-hydroxylation sites is 1. The molecule has 0 aromatic heterocycles. The van der Waals surface area contributed by atoms with Gasteiger partial charge in [0.05, 0.1) is 22.0 Å². The molecule has 0 atom stereocenters. The Labute approximate surface area is 127 Å². The average Bonchev–Trinajstić information content (AvgIpc) is 2.42. The fourth-order valence-corrected chi connectivity index (χ4v) is 1.80. The summed E-state index contributed by atoms with van der Waals surface area (Å²) in [6, 6.07) is 6.97. The molecule has 116 valence electrons. The molecular formula is C14H9ClF4N2O. The minimum absolute atomic E-state index is 0.0725. The Morgan fingerprint density at radius 1 is 1.00 bits per heavy atom. The zero-order chi connectivity index (χ0) is 16.3. The number of carbonyl (C=O) groups is 1. The first-order valence-corrected chi connectivity index (χ1v) is 6.34. The van der Waals surface area contributed by atoms with Crippen LogP contribution in [0.25, 0.3) is 0 Å². The van der Waals surface area contributed by atoms with Crippen molar-refractivity contribution in [3.05, 3.63) is 58.9 Å². The lowest BCUT2D eigenvalue weighted by molar-refractivity contribution is -0.137. The van der Waals surface area contributed by atoms with E-state index in [9.17, 15) is 22.4 Å². The number of urea groups is 1. The Morgan fingerprint density at radius 3 is 2.27 bits per heavy atom. The summed E-state index contributed by atoms with van der Waals surface area (Å²) >= 11 is 5.74. The fourth-order valence-electron chi connectivity index (χ4n) is 1.64. The molecular weight excluding hydrogens is 324 g/mol. The number of nitrogens with one attached hydrogen (secondary N) is 2. The normalized spacial score (nSPS) is 11.1. The van der Waals surface area contributed by atoms with Crippen molar-refractivity contribution in [3.8, 4) is 0 Å². The predicted molar refractivity (Wildman–Crippen MR) is 75.5 cm³/mol. The third-order valence-electron chi connectivity index (χ3n) is 2.66. The smallest absolute Gasteiger partial charge is 0.306 e. The van der Waals surface area contributed by atoms with E-state index < -0.39 is 23.6 Å². The maximum absolute atomic E-state index is 13.4. The number of halogens is 5. The third kappa shape index (κ3) is 3.88. The van der Waals surface area contributed by atoms with Crippen molar-refractivity contribution >= 4 is 29.0 Å². The minimum atomic E-state index is -4.57. The maximum Gasteiger partial charge on any atom is 0.416 e. The van der Waals surface area contributed by atoms with E-state index in [2.05, 4.69) is 10.6 Å². The topological polar surface area (TPSA) is 41.1 Å². The molecule has 0 spiro atoms. The monoisotopic (exact) mass is 332 g/mol. The molecule has 0 fully saturated rings. The highest BCUT2D eigenvalue weighted by Gasteiger charge is 2.31. The summed E-state index contributed by atoms with van der Waals surface area (Å²) in [6.45, 7) is 0. The first-order valence-electron chi connectivity index (χ1n) is 5.96. The van der Waals surface area contributed by atoms with E-state index in [1.54, 1.807) is 0 Å². The van der Waals surface area contributed by atoms with Crippen LogP contribution in [-0.2, 0) is 6.18 Å². The number of amides is 2. The van der Waals surface area contributed by atoms with Gasteiger partial charge in [-0.25, -0.2) is 9.18 Å². The standard InChI is InChI=1S/C14H9ClF4N2O/c15-9-6-5-8(14(17,18)19)7-12(9)21-13(22)20-11-4-2-1-3-10(11)16/h1-7H,(H2,20,21,22). The fraction of sp³-hybridized carbons (Fsp3) is 0.0714. The van der Waals surface area contributed by atoms with Crippen LogP contribution in [0.4, 0.5) is 33.7 Å². The SMILES string of the molecule is O=C(Nc1ccccc1F)Nc1cc(C(F)(F)F)ccc1Cl. The number of hydrogen-bond acceptors (Lipinski definition) is 1. The molecule has 0 saturated heterocycles. The van der Waals surface area contributed by atoms with Crippen LogP contribution in [0.15, 0.2) is 42.5 Å². The Balaban J connectivity index is 2.17. The van der Waals surface area contributed by atoms with Crippen LogP contribution < -0.4 is 10.6 Å².